The van der Waals surface area contributed by atoms with Crippen molar-refractivity contribution in [2.75, 3.05) is 54.0 Å². The second kappa shape index (κ2) is 9.13. The van der Waals surface area contributed by atoms with Gasteiger partial charge in [0.15, 0.2) is 0 Å². The van der Waals surface area contributed by atoms with Gasteiger partial charge in [-0.1, -0.05) is 25.1 Å². The molecule has 0 spiro atoms. The highest BCUT2D eigenvalue weighted by molar-refractivity contribution is 7.85. The average molecular weight is 466 g/mol. The third-order valence-corrected chi connectivity index (χ3v) is 7.01. The van der Waals surface area contributed by atoms with Crippen molar-refractivity contribution in [3.05, 3.63) is 36.0 Å². The van der Waals surface area contributed by atoms with E-state index in [1.54, 1.807) is 32.2 Å². The highest BCUT2D eigenvalue weighted by atomic mass is 32.2. The van der Waals surface area contributed by atoms with Crippen LogP contribution in [0.1, 0.15) is 26.3 Å². The second-order valence-corrected chi connectivity index (χ2v) is 11.7. The average Bonchev–Trinajstić information content (AvgIpc) is 3.08. The molecule has 0 N–H and O–H groups in total. The Bertz CT molecular complexity index is 1070. The Morgan fingerprint density at radius 2 is 1.88 bits per heavy atom. The fourth-order valence-electron chi connectivity index (χ4n) is 4.07. The quantitative estimate of drug-likeness (QED) is 0.498. The summed E-state index contributed by atoms with van der Waals surface area (Å²) in [5.74, 6) is -0.465. The maximum Gasteiger partial charge on any atom is 0.366 e. The van der Waals surface area contributed by atoms with Crippen LogP contribution < -0.4 is 0 Å². The van der Waals surface area contributed by atoms with E-state index < -0.39 is 21.7 Å². The van der Waals surface area contributed by atoms with Gasteiger partial charge in [0, 0.05) is 36.6 Å². The van der Waals surface area contributed by atoms with Gasteiger partial charge < -0.3 is 14.5 Å². The molecule has 3 rings (SSSR count). The summed E-state index contributed by atoms with van der Waals surface area (Å²) in [6.07, 6.45) is 2.32. The number of fused-ring (bicyclic) bond motifs is 1. The standard InChI is InChI=1S/C23H35N3O5S/c1-22(2,21(27)30-17-23(3)14-25(6)15-23)16-31-32(28,29)26-13-18(11-12-24(4)5)19-9-7-8-10-20(19)26/h7-10,13H,11-12,14-17H2,1-6H3. The first-order valence-electron chi connectivity index (χ1n) is 10.8. The Hall–Kier alpha value is -1.94. The number of para-hydroxylation sites is 1. The molecule has 0 atom stereocenters. The summed E-state index contributed by atoms with van der Waals surface area (Å²) in [4.78, 5) is 16.8. The van der Waals surface area contributed by atoms with Gasteiger partial charge in [-0.3, -0.25) is 8.98 Å². The van der Waals surface area contributed by atoms with E-state index in [-0.39, 0.29) is 12.0 Å². The molecule has 0 bridgehead atoms. The van der Waals surface area contributed by atoms with E-state index in [1.807, 2.05) is 38.2 Å². The van der Waals surface area contributed by atoms with Gasteiger partial charge in [-0.15, -0.1) is 0 Å². The number of carbonyl (C=O) groups is 1. The topological polar surface area (TPSA) is 81.1 Å². The molecule has 1 aliphatic rings. The number of rotatable bonds is 10. The van der Waals surface area contributed by atoms with E-state index in [4.69, 9.17) is 8.92 Å². The minimum absolute atomic E-state index is 0.0551. The second-order valence-electron chi connectivity index (χ2n) is 10.2. The van der Waals surface area contributed by atoms with Gasteiger partial charge in [0.05, 0.1) is 24.1 Å². The first-order chi connectivity index (χ1) is 14.8. The molecular weight excluding hydrogens is 430 g/mol. The molecule has 8 nitrogen and oxygen atoms in total. The van der Waals surface area contributed by atoms with Crippen LogP contribution in [-0.4, -0.2) is 82.2 Å². The van der Waals surface area contributed by atoms with Crippen LogP contribution in [0.15, 0.2) is 30.5 Å². The largest absolute Gasteiger partial charge is 0.465 e. The Labute approximate surface area is 191 Å². The van der Waals surface area contributed by atoms with Crippen molar-refractivity contribution in [2.45, 2.75) is 27.2 Å². The summed E-state index contributed by atoms with van der Waals surface area (Å²) in [6.45, 7) is 7.87. The molecule has 0 radical (unpaired) electrons. The number of likely N-dealkylation sites (tertiary alicyclic amines) is 1. The van der Waals surface area contributed by atoms with Crippen molar-refractivity contribution in [1.82, 2.24) is 13.8 Å². The lowest BCUT2D eigenvalue weighted by atomic mass is 9.83. The molecule has 2 aromatic rings. The fourth-order valence-corrected chi connectivity index (χ4v) is 5.28. The molecule has 0 amide bonds. The first kappa shape index (κ1) is 24.7. The monoisotopic (exact) mass is 465 g/mol. The Morgan fingerprint density at radius 1 is 1.22 bits per heavy atom. The molecule has 0 unspecified atom stereocenters. The zero-order valence-corrected chi connectivity index (χ0v) is 20.7. The summed E-state index contributed by atoms with van der Waals surface area (Å²) >= 11 is 0. The molecule has 0 aliphatic carbocycles. The van der Waals surface area contributed by atoms with E-state index in [0.717, 1.165) is 30.6 Å². The van der Waals surface area contributed by atoms with Gasteiger partial charge in [0.1, 0.15) is 0 Å². The van der Waals surface area contributed by atoms with E-state index in [0.29, 0.717) is 18.5 Å². The smallest absolute Gasteiger partial charge is 0.366 e. The SMILES string of the molecule is CN(C)CCc1cn(S(=O)(=O)OCC(C)(C)C(=O)OCC2(C)CN(C)C2)c2ccccc12. The van der Waals surface area contributed by atoms with Gasteiger partial charge in [-0.25, -0.2) is 3.97 Å². The van der Waals surface area contributed by atoms with Crippen molar-refractivity contribution < 1.29 is 22.1 Å². The van der Waals surface area contributed by atoms with Gasteiger partial charge in [0.2, 0.25) is 0 Å². The number of hydrogen-bond acceptors (Lipinski definition) is 7. The van der Waals surface area contributed by atoms with Crippen LogP contribution in [0, 0.1) is 10.8 Å². The number of aromatic nitrogens is 1. The molecule has 1 saturated heterocycles. The predicted molar refractivity (Wildman–Crippen MR) is 125 cm³/mol. The minimum Gasteiger partial charge on any atom is -0.465 e. The van der Waals surface area contributed by atoms with E-state index >= 15 is 0 Å². The number of benzene rings is 1. The fraction of sp³-hybridized carbons (Fsp3) is 0.609. The van der Waals surface area contributed by atoms with E-state index in [9.17, 15) is 13.2 Å². The molecule has 178 valence electrons. The molecule has 1 aliphatic heterocycles. The maximum atomic E-state index is 13.0. The number of likely N-dealkylation sites (N-methyl/N-ethyl adjacent to an activating group) is 1. The molecule has 9 heteroatoms. The maximum absolute atomic E-state index is 13.0. The molecule has 1 aromatic heterocycles. The first-order valence-corrected chi connectivity index (χ1v) is 12.2. The summed E-state index contributed by atoms with van der Waals surface area (Å²) in [6, 6.07) is 7.35. The van der Waals surface area contributed by atoms with Crippen LogP contribution in [-0.2, 0) is 30.4 Å². The Kier molecular flexibility index (Phi) is 7.05. The minimum atomic E-state index is -4.13. The number of nitrogens with zero attached hydrogens (tertiary/aromatic N) is 3. The lowest BCUT2D eigenvalue weighted by molar-refractivity contribution is -0.162. The lowest BCUT2D eigenvalue weighted by Gasteiger charge is -2.45. The molecule has 0 saturated carbocycles. The summed E-state index contributed by atoms with van der Waals surface area (Å²) in [5.41, 5.74) is 0.332. The van der Waals surface area contributed by atoms with Gasteiger partial charge >= 0.3 is 16.3 Å². The van der Waals surface area contributed by atoms with Crippen LogP contribution >= 0.6 is 0 Å². The van der Waals surface area contributed by atoms with Crippen molar-refractivity contribution in [1.29, 1.82) is 0 Å². The molecule has 32 heavy (non-hydrogen) atoms. The van der Waals surface area contributed by atoms with Crippen LogP contribution in [0.25, 0.3) is 10.9 Å². The van der Waals surface area contributed by atoms with Crippen molar-refractivity contribution in [2.24, 2.45) is 10.8 Å². The lowest BCUT2D eigenvalue weighted by Crippen LogP contribution is -2.55. The molecule has 1 fully saturated rings. The van der Waals surface area contributed by atoms with Crippen LogP contribution in [0.5, 0.6) is 0 Å². The molecule has 1 aromatic carbocycles. The predicted octanol–water partition coefficient (Wildman–Crippen LogP) is 2.38. The highest BCUT2D eigenvalue weighted by Crippen LogP contribution is 2.30. The van der Waals surface area contributed by atoms with E-state index in [1.165, 1.54) is 3.97 Å². The van der Waals surface area contributed by atoms with Crippen molar-refractivity contribution in [3.63, 3.8) is 0 Å². The zero-order valence-electron chi connectivity index (χ0n) is 19.9. The molecule has 2 heterocycles. The third kappa shape index (κ3) is 5.51. The highest BCUT2D eigenvalue weighted by Gasteiger charge is 2.40. The Balaban J connectivity index is 1.70. The third-order valence-electron chi connectivity index (χ3n) is 5.81. The van der Waals surface area contributed by atoms with Crippen LogP contribution in [0.3, 0.4) is 0 Å². The molecular formula is C23H35N3O5S. The zero-order chi connectivity index (χ0) is 23.7. The summed E-state index contributed by atoms with van der Waals surface area (Å²) in [5, 5.41) is 0.874. The van der Waals surface area contributed by atoms with Crippen LogP contribution in [0.4, 0.5) is 0 Å². The van der Waals surface area contributed by atoms with Crippen LogP contribution in [0.2, 0.25) is 0 Å². The van der Waals surface area contributed by atoms with Crippen molar-refractivity contribution >= 4 is 27.2 Å². The number of esters is 1. The van der Waals surface area contributed by atoms with Gasteiger partial charge in [0.25, 0.3) is 0 Å². The summed E-state index contributed by atoms with van der Waals surface area (Å²) < 4.78 is 38.1. The normalized spacial score (nSPS) is 17.0. The van der Waals surface area contributed by atoms with Gasteiger partial charge in [-0.2, -0.15) is 8.42 Å². The number of carbonyl (C=O) groups excluding carboxylic acids is 1. The van der Waals surface area contributed by atoms with Gasteiger partial charge in [-0.05, 0) is 53.0 Å². The number of ether oxygens (including phenoxy) is 1. The van der Waals surface area contributed by atoms with Crippen molar-refractivity contribution in [3.8, 4) is 0 Å². The summed E-state index contributed by atoms with van der Waals surface area (Å²) in [7, 11) is 1.84. The van der Waals surface area contributed by atoms with E-state index in [2.05, 4.69) is 11.8 Å². The number of hydrogen-bond donors (Lipinski definition) is 0. The Morgan fingerprint density at radius 3 is 2.50 bits per heavy atom.